The minimum Gasteiger partial charge on any atom is -0.507 e. The van der Waals surface area contributed by atoms with E-state index in [4.69, 9.17) is 9.47 Å². The highest BCUT2D eigenvalue weighted by atomic mass is 16.5. The Bertz CT molecular complexity index is 1290. The fourth-order valence-corrected chi connectivity index (χ4v) is 4.35. The van der Waals surface area contributed by atoms with Crippen LogP contribution in [0.3, 0.4) is 0 Å². The van der Waals surface area contributed by atoms with Gasteiger partial charge >= 0.3 is 0 Å². The maximum absolute atomic E-state index is 13.3. The molecule has 4 rings (SSSR count). The van der Waals surface area contributed by atoms with E-state index < -0.39 is 17.7 Å². The fraction of sp³-hybridized carbons (Fsp3) is 0.300. The largest absolute Gasteiger partial charge is 0.507 e. The average molecular weight is 501 g/mol. The molecular formula is C30H32N2O5. The number of rotatable bonds is 10. The summed E-state index contributed by atoms with van der Waals surface area (Å²) in [7, 11) is 0. The lowest BCUT2D eigenvalue weighted by Gasteiger charge is -2.26. The summed E-state index contributed by atoms with van der Waals surface area (Å²) >= 11 is 0. The first kappa shape index (κ1) is 25.9. The second kappa shape index (κ2) is 11.7. The monoisotopic (exact) mass is 500 g/mol. The molecule has 7 nitrogen and oxygen atoms in total. The molecule has 1 aliphatic heterocycles. The van der Waals surface area contributed by atoms with Crippen molar-refractivity contribution in [2.45, 2.75) is 46.2 Å². The number of amides is 1. The lowest BCUT2D eigenvalue weighted by molar-refractivity contribution is -0.140. The van der Waals surface area contributed by atoms with Crippen LogP contribution in [0.2, 0.25) is 0 Å². The number of aryl methyl sites for hydroxylation is 1. The molecule has 0 radical (unpaired) electrons. The third-order valence-corrected chi connectivity index (χ3v) is 6.28. The van der Waals surface area contributed by atoms with Gasteiger partial charge in [-0.2, -0.15) is 0 Å². The van der Waals surface area contributed by atoms with Crippen molar-refractivity contribution in [3.8, 4) is 11.5 Å². The minimum atomic E-state index is -0.814. The molecule has 1 N–H and O–H groups in total. The summed E-state index contributed by atoms with van der Waals surface area (Å²) in [5, 5.41) is 11.3. The third-order valence-electron chi connectivity index (χ3n) is 6.28. The van der Waals surface area contributed by atoms with Gasteiger partial charge in [0.05, 0.1) is 24.8 Å². The van der Waals surface area contributed by atoms with E-state index in [0.29, 0.717) is 35.8 Å². The summed E-state index contributed by atoms with van der Waals surface area (Å²) in [6.45, 7) is 7.06. The molecule has 1 aromatic heterocycles. The van der Waals surface area contributed by atoms with Crippen molar-refractivity contribution in [1.82, 2.24) is 9.88 Å². The Morgan fingerprint density at radius 2 is 1.81 bits per heavy atom. The third kappa shape index (κ3) is 5.66. The van der Waals surface area contributed by atoms with Crippen molar-refractivity contribution in [1.29, 1.82) is 0 Å². The zero-order chi connectivity index (χ0) is 26.4. The number of carbonyl (C=O) groups excluding carboxylic acids is 2. The standard InChI is InChI=1S/C30H32N2O5/c1-4-6-16-37-24-14-13-23(17-25(24)36-5-2)27-26(28(33)22-11-9-20(3)10-12-22)29(34)30(35)32(27)19-21-8-7-15-31-18-21/h7-15,17-18,27,33H,4-6,16,19H2,1-3H3/b28-26+. The summed E-state index contributed by atoms with van der Waals surface area (Å²) in [6, 6.07) is 15.4. The van der Waals surface area contributed by atoms with Crippen LogP contribution in [0, 0.1) is 6.92 Å². The van der Waals surface area contributed by atoms with Crippen LogP contribution >= 0.6 is 0 Å². The topological polar surface area (TPSA) is 89.0 Å². The molecule has 0 spiro atoms. The number of carbonyl (C=O) groups is 2. The number of ether oxygens (including phenoxy) is 2. The van der Waals surface area contributed by atoms with Gasteiger partial charge in [0.15, 0.2) is 11.5 Å². The summed E-state index contributed by atoms with van der Waals surface area (Å²) < 4.78 is 11.8. The summed E-state index contributed by atoms with van der Waals surface area (Å²) in [6.07, 6.45) is 5.23. The number of benzene rings is 2. The molecule has 0 aliphatic carbocycles. The van der Waals surface area contributed by atoms with Gasteiger partial charge in [-0.15, -0.1) is 0 Å². The molecule has 0 bridgehead atoms. The number of pyridine rings is 1. The number of likely N-dealkylation sites (tertiary alicyclic amines) is 1. The first-order chi connectivity index (χ1) is 17.9. The van der Waals surface area contributed by atoms with Crippen molar-refractivity contribution in [2.75, 3.05) is 13.2 Å². The molecule has 1 saturated heterocycles. The Labute approximate surface area is 217 Å². The zero-order valence-corrected chi connectivity index (χ0v) is 21.4. The molecule has 7 heteroatoms. The van der Waals surface area contributed by atoms with Crippen LogP contribution < -0.4 is 9.47 Å². The number of aliphatic hydroxyl groups is 1. The molecule has 192 valence electrons. The molecule has 1 atom stereocenters. The van der Waals surface area contributed by atoms with Crippen LogP contribution in [0.5, 0.6) is 11.5 Å². The van der Waals surface area contributed by atoms with Gasteiger partial charge in [-0.1, -0.05) is 55.3 Å². The van der Waals surface area contributed by atoms with Crippen LogP contribution in [0.1, 0.15) is 55.0 Å². The Hall–Kier alpha value is -4.13. The second-order valence-electron chi connectivity index (χ2n) is 9.00. The van der Waals surface area contributed by atoms with Crippen LogP contribution in [0.4, 0.5) is 0 Å². The average Bonchev–Trinajstić information content (AvgIpc) is 3.15. The van der Waals surface area contributed by atoms with Gasteiger partial charge in [-0.25, -0.2) is 0 Å². The smallest absolute Gasteiger partial charge is 0.295 e. The summed E-state index contributed by atoms with van der Waals surface area (Å²) in [5.74, 6) is -0.490. The SMILES string of the molecule is CCCCOc1ccc(C2/C(=C(\O)c3ccc(C)cc3)C(=O)C(=O)N2Cc2cccnc2)cc1OCC. The highest BCUT2D eigenvalue weighted by molar-refractivity contribution is 6.46. The number of ketones is 1. The Morgan fingerprint density at radius 1 is 1.03 bits per heavy atom. The highest BCUT2D eigenvalue weighted by Crippen LogP contribution is 2.42. The van der Waals surface area contributed by atoms with E-state index in [1.165, 1.54) is 4.90 Å². The van der Waals surface area contributed by atoms with E-state index in [1.54, 1.807) is 42.7 Å². The molecule has 1 fully saturated rings. The zero-order valence-electron chi connectivity index (χ0n) is 21.4. The molecule has 2 aromatic carbocycles. The number of hydrogen-bond acceptors (Lipinski definition) is 6. The van der Waals surface area contributed by atoms with E-state index in [1.807, 2.05) is 38.1 Å². The van der Waals surface area contributed by atoms with Gasteiger partial charge in [0.25, 0.3) is 11.7 Å². The van der Waals surface area contributed by atoms with Crippen LogP contribution in [0.15, 0.2) is 72.6 Å². The van der Waals surface area contributed by atoms with Gasteiger partial charge < -0.3 is 19.5 Å². The van der Waals surface area contributed by atoms with Gasteiger partial charge in [-0.3, -0.25) is 14.6 Å². The van der Waals surface area contributed by atoms with Crippen molar-refractivity contribution >= 4 is 17.4 Å². The maximum atomic E-state index is 13.3. The second-order valence-corrected chi connectivity index (χ2v) is 9.00. The number of hydrogen-bond donors (Lipinski definition) is 1. The quantitative estimate of drug-likeness (QED) is 0.169. The van der Waals surface area contributed by atoms with E-state index in [-0.39, 0.29) is 17.9 Å². The number of aliphatic hydroxyl groups excluding tert-OH is 1. The van der Waals surface area contributed by atoms with Gasteiger partial charge in [0.2, 0.25) is 0 Å². The van der Waals surface area contributed by atoms with Crippen LogP contribution in [-0.4, -0.2) is 39.9 Å². The lowest BCUT2D eigenvalue weighted by atomic mass is 9.94. The van der Waals surface area contributed by atoms with E-state index >= 15 is 0 Å². The number of aromatic nitrogens is 1. The number of nitrogens with zero attached hydrogens (tertiary/aromatic N) is 2. The predicted molar refractivity (Wildman–Crippen MR) is 141 cm³/mol. The minimum absolute atomic E-state index is 0.0415. The lowest BCUT2D eigenvalue weighted by Crippen LogP contribution is -2.29. The molecule has 37 heavy (non-hydrogen) atoms. The molecule has 2 heterocycles. The highest BCUT2D eigenvalue weighted by Gasteiger charge is 2.46. The maximum Gasteiger partial charge on any atom is 0.295 e. The molecule has 1 aliphatic rings. The van der Waals surface area contributed by atoms with Gasteiger partial charge in [-0.05, 0) is 49.6 Å². The Kier molecular flexibility index (Phi) is 8.23. The first-order valence-electron chi connectivity index (χ1n) is 12.6. The van der Waals surface area contributed by atoms with E-state index in [9.17, 15) is 14.7 Å². The van der Waals surface area contributed by atoms with Crippen molar-refractivity contribution in [3.63, 3.8) is 0 Å². The predicted octanol–water partition coefficient (Wildman–Crippen LogP) is 5.59. The fourth-order valence-electron chi connectivity index (χ4n) is 4.35. The normalized spacial score (nSPS) is 16.7. The van der Waals surface area contributed by atoms with Crippen molar-refractivity contribution < 1.29 is 24.2 Å². The molecule has 1 amide bonds. The van der Waals surface area contributed by atoms with Crippen molar-refractivity contribution in [2.24, 2.45) is 0 Å². The molecular weight excluding hydrogens is 468 g/mol. The van der Waals surface area contributed by atoms with E-state index in [0.717, 1.165) is 24.0 Å². The van der Waals surface area contributed by atoms with Gasteiger partial charge in [0, 0.05) is 24.5 Å². The van der Waals surface area contributed by atoms with Gasteiger partial charge in [0.1, 0.15) is 5.76 Å². The van der Waals surface area contributed by atoms with Crippen LogP contribution in [-0.2, 0) is 16.1 Å². The number of unbranched alkanes of at least 4 members (excludes halogenated alkanes) is 1. The summed E-state index contributed by atoms with van der Waals surface area (Å²) in [4.78, 5) is 32.3. The first-order valence-corrected chi connectivity index (χ1v) is 12.6. The Morgan fingerprint density at radius 3 is 2.49 bits per heavy atom. The van der Waals surface area contributed by atoms with Crippen molar-refractivity contribution in [3.05, 3.63) is 94.8 Å². The summed E-state index contributed by atoms with van der Waals surface area (Å²) in [5.41, 5.74) is 2.95. The Balaban J connectivity index is 1.83. The number of Topliss-reactive ketones (excluding diaryl/α,β-unsaturated/α-hetero) is 1. The molecule has 0 saturated carbocycles. The van der Waals surface area contributed by atoms with Crippen LogP contribution in [0.25, 0.3) is 5.76 Å². The molecule has 1 unspecified atom stereocenters. The van der Waals surface area contributed by atoms with E-state index in [2.05, 4.69) is 11.9 Å². The molecule has 3 aromatic rings.